The third-order valence-electron chi connectivity index (χ3n) is 3.85. The molecule has 25 heavy (non-hydrogen) atoms. The molecule has 0 radical (unpaired) electrons. The first-order chi connectivity index (χ1) is 12.2. The summed E-state index contributed by atoms with van der Waals surface area (Å²) in [7, 11) is 0. The molecule has 0 atom stereocenters. The summed E-state index contributed by atoms with van der Waals surface area (Å²) in [5.74, 6) is -0.125. The van der Waals surface area contributed by atoms with Gasteiger partial charge in [0.1, 0.15) is 23.3 Å². The fourth-order valence-corrected chi connectivity index (χ4v) is 2.66. The summed E-state index contributed by atoms with van der Waals surface area (Å²) >= 11 is 0. The number of aromatic carboxylic acids is 1. The van der Waals surface area contributed by atoms with E-state index in [-0.39, 0.29) is 5.56 Å². The Labute approximate surface area is 140 Å². The monoisotopic (exact) mass is 330 g/mol. The lowest BCUT2D eigenvalue weighted by molar-refractivity contribution is 0.0697. The maximum atomic E-state index is 11.2. The molecule has 0 bridgehead atoms. The first-order valence-electron chi connectivity index (χ1n) is 7.28. The van der Waals surface area contributed by atoms with E-state index in [0.29, 0.717) is 22.7 Å². The second-order valence-electron chi connectivity index (χ2n) is 5.31. The van der Waals surface area contributed by atoms with Crippen molar-refractivity contribution in [2.75, 3.05) is 5.32 Å². The molecule has 3 aromatic heterocycles. The van der Waals surface area contributed by atoms with E-state index in [9.17, 15) is 9.90 Å². The maximum Gasteiger partial charge on any atom is 0.335 e. The number of fused-ring (bicyclic) bond motifs is 3. The molecule has 0 aliphatic carbocycles. The molecule has 4 rings (SSSR count). The number of benzene rings is 1. The highest BCUT2D eigenvalue weighted by atomic mass is 16.4. The number of carboxylic acid groups (broad SMARTS) is 1. The zero-order valence-electron chi connectivity index (χ0n) is 12.7. The maximum absolute atomic E-state index is 11.2. The molecule has 4 aromatic rings. The minimum absolute atomic E-state index is 0.147. The molecule has 0 unspecified atom stereocenters. The molecule has 0 saturated heterocycles. The fourth-order valence-electron chi connectivity index (χ4n) is 2.66. The summed E-state index contributed by atoms with van der Waals surface area (Å²) in [5, 5.41) is 30.3. The van der Waals surface area contributed by atoms with Crippen molar-refractivity contribution in [1.29, 1.82) is 5.26 Å². The van der Waals surface area contributed by atoms with E-state index >= 15 is 0 Å². The third-order valence-corrected chi connectivity index (χ3v) is 3.85. The van der Waals surface area contributed by atoms with Gasteiger partial charge >= 0.3 is 5.97 Å². The number of aromatic nitrogens is 4. The van der Waals surface area contributed by atoms with Gasteiger partial charge in [-0.2, -0.15) is 10.4 Å². The number of hydrogen-bond acceptors (Lipinski definition) is 6. The molecule has 0 spiro atoms. The van der Waals surface area contributed by atoms with E-state index in [2.05, 4.69) is 25.5 Å². The summed E-state index contributed by atoms with van der Waals surface area (Å²) in [6.07, 6.45) is 4.75. The van der Waals surface area contributed by atoms with E-state index < -0.39 is 5.97 Å². The predicted octanol–water partition coefficient (Wildman–Crippen LogP) is 2.82. The van der Waals surface area contributed by atoms with E-state index in [0.717, 1.165) is 16.2 Å². The number of H-pyrrole nitrogens is 1. The number of nitrogens with zero attached hydrogens (tertiary/aromatic N) is 4. The van der Waals surface area contributed by atoms with Gasteiger partial charge in [-0.05, 0) is 18.2 Å². The van der Waals surface area contributed by atoms with E-state index in [1.165, 1.54) is 18.3 Å². The SMILES string of the molecule is N#Cc1cn[nH]c1Nc1nc2cc(C(=O)O)ccc2c2cnccc12. The zero-order chi connectivity index (χ0) is 17.4. The van der Waals surface area contributed by atoms with Gasteiger partial charge in [0.25, 0.3) is 0 Å². The van der Waals surface area contributed by atoms with Crippen LogP contribution in [0.3, 0.4) is 0 Å². The molecule has 0 fully saturated rings. The topological polar surface area (TPSA) is 128 Å². The molecule has 3 heterocycles. The second kappa shape index (κ2) is 5.58. The van der Waals surface area contributed by atoms with Gasteiger partial charge < -0.3 is 10.4 Å². The highest BCUT2D eigenvalue weighted by Crippen LogP contribution is 2.31. The minimum atomic E-state index is -1.02. The Hall–Kier alpha value is -3.99. The van der Waals surface area contributed by atoms with Crippen molar-refractivity contribution < 1.29 is 9.90 Å². The third kappa shape index (κ3) is 2.40. The molecule has 8 heteroatoms. The van der Waals surface area contributed by atoms with Crippen LogP contribution in [0.25, 0.3) is 21.7 Å². The predicted molar refractivity (Wildman–Crippen MR) is 90.6 cm³/mol. The van der Waals surface area contributed by atoms with E-state index in [1.54, 1.807) is 24.5 Å². The first-order valence-corrected chi connectivity index (χ1v) is 7.28. The lowest BCUT2D eigenvalue weighted by atomic mass is 10.1. The lowest BCUT2D eigenvalue weighted by Crippen LogP contribution is -2.00. The van der Waals surface area contributed by atoms with Gasteiger partial charge in [-0.3, -0.25) is 10.1 Å². The molecule has 0 aliphatic rings. The van der Waals surface area contributed by atoms with Gasteiger partial charge in [-0.1, -0.05) is 6.07 Å². The van der Waals surface area contributed by atoms with E-state index in [4.69, 9.17) is 5.26 Å². The van der Waals surface area contributed by atoms with Crippen LogP contribution in [0.1, 0.15) is 15.9 Å². The minimum Gasteiger partial charge on any atom is -0.478 e. The molecule has 0 amide bonds. The average molecular weight is 330 g/mol. The van der Waals surface area contributed by atoms with Crippen LogP contribution in [-0.4, -0.2) is 31.2 Å². The molecule has 3 N–H and O–H groups in total. The highest BCUT2D eigenvalue weighted by molar-refractivity contribution is 6.11. The Balaban J connectivity index is 1.98. The van der Waals surface area contributed by atoms with Crippen molar-refractivity contribution in [2.45, 2.75) is 0 Å². The highest BCUT2D eigenvalue weighted by Gasteiger charge is 2.13. The summed E-state index contributed by atoms with van der Waals surface area (Å²) in [4.78, 5) is 19.9. The van der Waals surface area contributed by atoms with Crippen LogP contribution in [0, 0.1) is 11.3 Å². The number of anilines is 2. The van der Waals surface area contributed by atoms with Crippen molar-refractivity contribution in [3.05, 3.63) is 54.0 Å². The smallest absolute Gasteiger partial charge is 0.335 e. The van der Waals surface area contributed by atoms with Crippen molar-refractivity contribution >= 4 is 39.3 Å². The van der Waals surface area contributed by atoms with Crippen LogP contribution < -0.4 is 5.32 Å². The van der Waals surface area contributed by atoms with Crippen LogP contribution >= 0.6 is 0 Å². The molecule has 8 nitrogen and oxygen atoms in total. The van der Waals surface area contributed by atoms with Gasteiger partial charge in [0.2, 0.25) is 0 Å². The number of carbonyl (C=O) groups is 1. The molecule has 0 aliphatic heterocycles. The summed E-state index contributed by atoms with van der Waals surface area (Å²) in [5.41, 5.74) is 1.01. The van der Waals surface area contributed by atoms with Crippen LogP contribution in [0.2, 0.25) is 0 Å². The quantitative estimate of drug-likeness (QED) is 0.493. The molecule has 1 aromatic carbocycles. The van der Waals surface area contributed by atoms with Crippen molar-refractivity contribution in [1.82, 2.24) is 20.2 Å². The number of nitrogens with one attached hydrogen (secondary N) is 2. The summed E-state index contributed by atoms with van der Waals surface area (Å²) < 4.78 is 0. The van der Waals surface area contributed by atoms with Crippen LogP contribution in [0.4, 0.5) is 11.6 Å². The second-order valence-corrected chi connectivity index (χ2v) is 5.31. The van der Waals surface area contributed by atoms with Gasteiger partial charge in [-0.15, -0.1) is 0 Å². The lowest BCUT2D eigenvalue weighted by Gasteiger charge is -2.11. The summed E-state index contributed by atoms with van der Waals surface area (Å²) in [6.45, 7) is 0. The standard InChI is InChI=1S/C17H10N6O2/c18-6-10-7-20-23-15(10)22-16-12-3-4-19-8-13(12)11-2-1-9(17(24)25)5-14(11)21-16/h1-5,7-8H,(H,24,25)(H2,20,21,22,23). The largest absolute Gasteiger partial charge is 0.478 e. The first kappa shape index (κ1) is 14.6. The van der Waals surface area contributed by atoms with Crippen molar-refractivity contribution in [2.24, 2.45) is 0 Å². The molecular formula is C17H10N6O2. The van der Waals surface area contributed by atoms with Crippen molar-refractivity contribution in [3.63, 3.8) is 0 Å². The number of carboxylic acids is 1. The van der Waals surface area contributed by atoms with Crippen LogP contribution in [0.5, 0.6) is 0 Å². The van der Waals surface area contributed by atoms with Crippen LogP contribution in [0.15, 0.2) is 42.9 Å². The Bertz CT molecular complexity index is 1170. The van der Waals surface area contributed by atoms with Gasteiger partial charge in [-0.25, -0.2) is 9.78 Å². The van der Waals surface area contributed by atoms with E-state index in [1.807, 2.05) is 6.07 Å². The molecule has 0 saturated carbocycles. The zero-order valence-corrected chi connectivity index (χ0v) is 12.7. The Morgan fingerprint density at radius 2 is 2.08 bits per heavy atom. The van der Waals surface area contributed by atoms with Gasteiger partial charge in [0.05, 0.1) is 17.3 Å². The average Bonchev–Trinajstić information content (AvgIpc) is 3.08. The van der Waals surface area contributed by atoms with Gasteiger partial charge in [0, 0.05) is 28.6 Å². The number of rotatable bonds is 3. The fraction of sp³-hybridized carbons (Fsp3) is 0. The number of pyridine rings is 2. The number of aromatic amines is 1. The molecular weight excluding hydrogens is 320 g/mol. The normalized spacial score (nSPS) is 10.7. The molecule has 120 valence electrons. The van der Waals surface area contributed by atoms with Gasteiger partial charge in [0.15, 0.2) is 0 Å². The van der Waals surface area contributed by atoms with Crippen LogP contribution in [-0.2, 0) is 0 Å². The van der Waals surface area contributed by atoms with Crippen molar-refractivity contribution in [3.8, 4) is 6.07 Å². The summed E-state index contributed by atoms with van der Waals surface area (Å²) in [6, 6.07) is 8.60. The Kier molecular flexibility index (Phi) is 3.26. The number of hydrogen-bond donors (Lipinski definition) is 3. The Morgan fingerprint density at radius 3 is 2.88 bits per heavy atom. The number of nitriles is 1. The Morgan fingerprint density at radius 1 is 1.20 bits per heavy atom.